The predicted octanol–water partition coefficient (Wildman–Crippen LogP) is 5.51. The van der Waals surface area contributed by atoms with Crippen LogP contribution in [0, 0.1) is 11.8 Å². The average molecular weight is 798 g/mol. The smallest absolute Gasteiger partial charge is 0.389 e. The third-order valence-electron chi connectivity index (χ3n) is 9.71. The monoisotopic (exact) mass is 797 g/mol. The number of carbonyl (C=O) groups excluding carboxylic acids is 2. The van der Waals surface area contributed by atoms with Crippen LogP contribution >= 0.6 is 0 Å². The number of nitrogens with two attached hydrogens (primary N) is 1. The number of oxime groups is 1. The number of carbonyl (C=O) groups is 3. The number of aromatic hydroxyl groups is 1. The molecule has 0 spiro atoms. The number of Topliss-reactive ketones (excluding diaryl/α,β-unsaturated/α-hetero) is 1. The van der Waals surface area contributed by atoms with Gasteiger partial charge in [0.05, 0.1) is 17.3 Å². The van der Waals surface area contributed by atoms with Gasteiger partial charge in [0.15, 0.2) is 11.5 Å². The Morgan fingerprint density at radius 3 is 2.54 bits per heavy atom. The van der Waals surface area contributed by atoms with Crippen LogP contribution < -0.4 is 10.5 Å². The molecule has 1 aliphatic carbocycles. The topological polar surface area (TPSA) is 240 Å². The minimum Gasteiger partial charge on any atom is -0.507 e. The quantitative estimate of drug-likeness (QED) is 0.0290. The van der Waals surface area contributed by atoms with Crippen molar-refractivity contribution in [3.05, 3.63) is 70.6 Å². The van der Waals surface area contributed by atoms with Crippen LogP contribution in [0.2, 0.25) is 0 Å². The summed E-state index contributed by atoms with van der Waals surface area (Å²) in [6, 6.07) is 3.59. The molecule has 17 heteroatoms. The number of unbranched alkanes of at least 4 members (excludes halogenated alkanes) is 2. The highest BCUT2D eigenvalue weighted by Gasteiger charge is 2.50. The summed E-state index contributed by atoms with van der Waals surface area (Å²) >= 11 is 0. The van der Waals surface area contributed by atoms with Gasteiger partial charge in [-0.05, 0) is 89.1 Å². The number of aryl methyl sites for hydroxylation is 1. The summed E-state index contributed by atoms with van der Waals surface area (Å²) < 4.78 is 46.5. The van der Waals surface area contributed by atoms with Crippen LogP contribution in [0.15, 0.2) is 74.6 Å². The maximum Gasteiger partial charge on any atom is 0.389 e. The highest BCUT2D eigenvalue weighted by molar-refractivity contribution is 7.84. The van der Waals surface area contributed by atoms with Gasteiger partial charge in [-0.3, -0.25) is 14.1 Å². The number of benzene rings is 1. The normalized spacial score (nSPS) is 21.2. The molecular formula is C39H51N5O11S. The van der Waals surface area contributed by atoms with Gasteiger partial charge in [-0.15, -0.1) is 0 Å². The Balaban J connectivity index is 1.62. The molecule has 1 fully saturated rings. The summed E-state index contributed by atoms with van der Waals surface area (Å²) in [5, 5.41) is 24.6. The Hall–Kier alpha value is -5.29. The van der Waals surface area contributed by atoms with Crippen molar-refractivity contribution < 1.29 is 51.9 Å². The van der Waals surface area contributed by atoms with E-state index in [-0.39, 0.29) is 51.6 Å². The van der Waals surface area contributed by atoms with E-state index in [1.807, 2.05) is 19.9 Å². The number of phenolic OH excluding ortho intramolecular Hbond substituents is 1. The van der Waals surface area contributed by atoms with Gasteiger partial charge in [-0.1, -0.05) is 48.7 Å². The van der Waals surface area contributed by atoms with Crippen LogP contribution in [-0.4, -0.2) is 82.0 Å². The number of amidine groups is 1. The lowest BCUT2D eigenvalue weighted by Crippen LogP contribution is -2.53. The second-order valence-corrected chi connectivity index (χ2v) is 15.8. The highest BCUT2D eigenvalue weighted by Crippen LogP contribution is 2.47. The molecule has 56 heavy (non-hydrogen) atoms. The van der Waals surface area contributed by atoms with Gasteiger partial charge in [0, 0.05) is 31.4 Å². The first-order valence-electron chi connectivity index (χ1n) is 18.3. The minimum absolute atomic E-state index is 0.0183. The molecule has 0 aromatic heterocycles. The number of β-lactam (4-membered cyclic amide) rings is 1. The fourth-order valence-electron chi connectivity index (χ4n) is 6.60. The van der Waals surface area contributed by atoms with Gasteiger partial charge in [0.1, 0.15) is 23.9 Å². The van der Waals surface area contributed by atoms with E-state index in [1.54, 1.807) is 6.07 Å². The largest absolute Gasteiger partial charge is 0.507 e. The van der Waals surface area contributed by atoms with E-state index in [4.69, 9.17) is 20.0 Å². The molecule has 0 bridgehead atoms. The minimum atomic E-state index is -5.10. The van der Waals surface area contributed by atoms with E-state index >= 15 is 0 Å². The summed E-state index contributed by atoms with van der Waals surface area (Å²) in [6.07, 6.45) is 9.35. The number of phenols is 1. The zero-order valence-electron chi connectivity index (χ0n) is 32.6. The first-order chi connectivity index (χ1) is 26.3. The highest BCUT2D eigenvalue weighted by atomic mass is 32.2. The molecule has 304 valence electrons. The molecule has 3 aliphatic rings. The standard InChI is InChI=1S/C39H51N5O11S/c1-8-9-10-11-24-19-30(45)34(26-18-23(4)12-13-25(26)22(2)3)32(20-24)54-38(41-7)53-17-16-29-27(36(47)44(29)56(50,51)52)21-31(46)35(28-14-15-33(40)42-28)43-55-39(5,6)37(48)49/h14,16,18-20,25-27,45H,2,8-13,15,17,21H2,1,3-7H3,(H2,40,42)(H,48,49)(H,50,51,52)/b29-16+,41-38?,43-35-/t25-,26+,27-/m0/s1. The molecule has 0 radical (unpaired) electrons. The number of aliphatic imine (C=N–C) groups is 2. The van der Waals surface area contributed by atoms with E-state index in [0.717, 1.165) is 48.8 Å². The zero-order chi connectivity index (χ0) is 41.5. The molecule has 1 amide bonds. The maximum absolute atomic E-state index is 13.6. The molecule has 5 N–H and O–H groups in total. The molecule has 0 unspecified atom stereocenters. The average Bonchev–Trinajstić information content (AvgIpc) is 3.54. The molecule has 1 saturated heterocycles. The number of amides is 1. The van der Waals surface area contributed by atoms with Crippen LogP contribution in [0.25, 0.3) is 0 Å². The summed E-state index contributed by atoms with van der Waals surface area (Å²) in [5.74, 6) is -4.41. The van der Waals surface area contributed by atoms with Gasteiger partial charge in [-0.2, -0.15) is 12.7 Å². The number of aliphatic carboxylic acids is 1. The van der Waals surface area contributed by atoms with E-state index in [0.29, 0.717) is 17.7 Å². The number of hydrogen-bond acceptors (Lipinski definition) is 13. The van der Waals surface area contributed by atoms with E-state index in [9.17, 15) is 37.6 Å². The van der Waals surface area contributed by atoms with Crippen molar-refractivity contribution in [2.75, 3.05) is 13.7 Å². The number of nitrogens with zero attached hydrogens (tertiary/aromatic N) is 4. The second kappa shape index (κ2) is 18.1. The maximum atomic E-state index is 13.6. The van der Waals surface area contributed by atoms with Gasteiger partial charge >= 0.3 is 22.4 Å². The number of rotatable bonds is 17. The predicted molar refractivity (Wildman–Crippen MR) is 209 cm³/mol. The molecule has 4 rings (SSSR count). The third-order valence-corrected chi connectivity index (χ3v) is 10.6. The van der Waals surface area contributed by atoms with Crippen molar-refractivity contribution >= 4 is 45.6 Å². The Morgan fingerprint density at radius 2 is 1.95 bits per heavy atom. The van der Waals surface area contributed by atoms with Gasteiger partial charge in [0.25, 0.3) is 5.91 Å². The molecule has 16 nitrogen and oxygen atoms in total. The van der Waals surface area contributed by atoms with Crippen LogP contribution in [0.5, 0.6) is 11.5 Å². The van der Waals surface area contributed by atoms with Crippen molar-refractivity contribution in [2.24, 2.45) is 32.7 Å². The lowest BCUT2D eigenvalue weighted by molar-refractivity contribution is -0.161. The molecule has 1 aromatic carbocycles. The molecule has 2 aliphatic heterocycles. The number of ketones is 1. The summed E-state index contributed by atoms with van der Waals surface area (Å²) in [7, 11) is -3.69. The van der Waals surface area contributed by atoms with Crippen molar-refractivity contribution in [2.45, 2.75) is 97.5 Å². The summed E-state index contributed by atoms with van der Waals surface area (Å²) in [6.45, 7) is 12.3. The fourth-order valence-corrected chi connectivity index (χ4v) is 7.42. The number of hydrogen-bond donors (Lipinski definition) is 4. The van der Waals surface area contributed by atoms with Gasteiger partial charge in [-0.25, -0.2) is 14.8 Å². The molecule has 0 saturated carbocycles. The second-order valence-electron chi connectivity index (χ2n) is 14.5. The Morgan fingerprint density at radius 1 is 1.23 bits per heavy atom. The van der Waals surface area contributed by atoms with Crippen LogP contribution in [-0.2, 0) is 40.7 Å². The van der Waals surface area contributed by atoms with E-state index in [2.05, 4.69) is 34.7 Å². The van der Waals surface area contributed by atoms with E-state index < -0.39 is 58.2 Å². The van der Waals surface area contributed by atoms with Crippen LogP contribution in [0.3, 0.4) is 0 Å². The Bertz CT molecular complexity index is 2050. The van der Waals surface area contributed by atoms with Crippen molar-refractivity contribution in [3.8, 4) is 11.5 Å². The number of ether oxygens (including phenoxy) is 2. The summed E-state index contributed by atoms with van der Waals surface area (Å²) in [4.78, 5) is 51.5. The van der Waals surface area contributed by atoms with Crippen molar-refractivity contribution in [3.63, 3.8) is 0 Å². The Kier molecular flexibility index (Phi) is 14.0. The SMILES string of the molecule is C=C(C)[C@@H]1CCC(C)=C[C@H]1c1c(O)cc(CCCCC)cc1OC(=NC)OC/C=C1\[C@H](CC(=O)/C(=N\OC(C)(C)C(=O)O)C2=CCC(N)=N2)C(=O)N1S(=O)(=O)O. The first-order valence-corrected chi connectivity index (χ1v) is 19.7. The first kappa shape index (κ1) is 43.4. The molecule has 3 atom stereocenters. The number of carboxylic acids is 1. The molecule has 1 aromatic rings. The van der Waals surface area contributed by atoms with Crippen LogP contribution in [0.1, 0.15) is 96.6 Å². The lowest BCUT2D eigenvalue weighted by atomic mass is 9.73. The van der Waals surface area contributed by atoms with Crippen molar-refractivity contribution in [1.82, 2.24) is 4.31 Å². The Labute approximate surface area is 327 Å². The fraction of sp³-hybridized carbons (Fsp3) is 0.487. The number of allylic oxidation sites excluding steroid dienone is 4. The third kappa shape index (κ3) is 10.3. The van der Waals surface area contributed by atoms with Gasteiger partial charge < -0.3 is 30.3 Å². The number of carboxylic acid groups (broad SMARTS) is 1. The van der Waals surface area contributed by atoms with Crippen molar-refractivity contribution in [1.29, 1.82) is 0 Å². The van der Waals surface area contributed by atoms with Gasteiger partial charge in [0.2, 0.25) is 5.60 Å². The summed E-state index contributed by atoms with van der Waals surface area (Å²) in [5.41, 5.74) is 6.71. The lowest BCUT2D eigenvalue weighted by Gasteiger charge is -2.38. The molecular weight excluding hydrogens is 747 g/mol. The van der Waals surface area contributed by atoms with E-state index in [1.165, 1.54) is 33.0 Å². The van der Waals surface area contributed by atoms with Crippen LogP contribution in [0.4, 0.5) is 0 Å². The zero-order valence-corrected chi connectivity index (χ0v) is 33.4. The molecule has 2 heterocycles.